The van der Waals surface area contributed by atoms with Gasteiger partial charge >= 0.3 is 0 Å². The highest BCUT2D eigenvalue weighted by atomic mass is 15.0. The highest BCUT2D eigenvalue weighted by Crippen LogP contribution is 2.31. The van der Waals surface area contributed by atoms with Gasteiger partial charge in [-0.1, -0.05) is 38.1 Å². The van der Waals surface area contributed by atoms with Crippen molar-refractivity contribution < 1.29 is 4.57 Å². The predicted octanol–water partition coefficient (Wildman–Crippen LogP) is 5.46. The number of hydrogen-bond acceptors (Lipinski definition) is 1. The van der Waals surface area contributed by atoms with Crippen molar-refractivity contribution >= 4 is 0 Å². The average Bonchev–Trinajstić information content (AvgIpc) is 3.10. The van der Waals surface area contributed by atoms with Gasteiger partial charge in [-0.3, -0.25) is 4.98 Å². The molecular formula is C25H26N3+. The summed E-state index contributed by atoms with van der Waals surface area (Å²) in [4.78, 5) is 4.53. The molecule has 4 aromatic rings. The van der Waals surface area contributed by atoms with Crippen molar-refractivity contribution in [1.29, 1.82) is 0 Å². The van der Waals surface area contributed by atoms with Gasteiger partial charge in [-0.15, -0.1) is 0 Å². The second-order valence-corrected chi connectivity index (χ2v) is 7.56. The van der Waals surface area contributed by atoms with E-state index in [1.165, 1.54) is 28.2 Å². The molecule has 3 heterocycles. The number of para-hydroxylation sites is 1. The molecule has 3 nitrogen and oxygen atoms in total. The molecule has 0 aliphatic carbocycles. The molecule has 3 aromatic heterocycles. The van der Waals surface area contributed by atoms with E-state index in [4.69, 9.17) is 0 Å². The van der Waals surface area contributed by atoms with Crippen molar-refractivity contribution in [3.8, 4) is 28.3 Å². The fourth-order valence-corrected chi connectivity index (χ4v) is 3.75. The Hall–Kier alpha value is -3.20. The Kier molecular flexibility index (Phi) is 4.82. The van der Waals surface area contributed by atoms with E-state index < -0.39 is 0 Å². The molecule has 0 radical (unpaired) electrons. The van der Waals surface area contributed by atoms with Crippen LogP contribution in [-0.2, 0) is 7.05 Å². The van der Waals surface area contributed by atoms with Gasteiger partial charge in [0.15, 0.2) is 6.20 Å². The third-order valence-corrected chi connectivity index (χ3v) is 5.26. The van der Waals surface area contributed by atoms with Gasteiger partial charge in [-0.25, -0.2) is 0 Å². The second kappa shape index (κ2) is 7.43. The van der Waals surface area contributed by atoms with Crippen LogP contribution in [0.2, 0.25) is 0 Å². The quantitative estimate of drug-likeness (QED) is 0.438. The van der Waals surface area contributed by atoms with Crippen molar-refractivity contribution in [3.05, 3.63) is 90.4 Å². The number of rotatable bonds is 4. The van der Waals surface area contributed by atoms with Crippen LogP contribution in [0.25, 0.3) is 28.3 Å². The summed E-state index contributed by atoms with van der Waals surface area (Å²) in [6, 6.07) is 21.3. The van der Waals surface area contributed by atoms with Gasteiger partial charge in [0, 0.05) is 35.8 Å². The molecule has 0 saturated carbocycles. The fraction of sp³-hybridized carbons (Fsp3) is 0.200. The lowest BCUT2D eigenvalue weighted by Crippen LogP contribution is -2.31. The van der Waals surface area contributed by atoms with Crippen LogP contribution in [0.4, 0.5) is 0 Å². The molecule has 0 aliphatic heterocycles. The van der Waals surface area contributed by atoms with Gasteiger partial charge < -0.3 is 4.57 Å². The van der Waals surface area contributed by atoms with Crippen LogP contribution in [0.3, 0.4) is 0 Å². The number of pyridine rings is 2. The summed E-state index contributed by atoms with van der Waals surface area (Å²) in [7, 11) is 2.10. The van der Waals surface area contributed by atoms with Crippen LogP contribution in [0.5, 0.6) is 0 Å². The lowest BCUT2D eigenvalue weighted by molar-refractivity contribution is -0.660. The van der Waals surface area contributed by atoms with Crippen molar-refractivity contribution in [1.82, 2.24) is 9.55 Å². The molecule has 0 N–H and O–H groups in total. The van der Waals surface area contributed by atoms with Gasteiger partial charge in [-0.2, -0.15) is 4.57 Å². The molecule has 0 atom stereocenters. The fourth-order valence-electron chi connectivity index (χ4n) is 3.75. The van der Waals surface area contributed by atoms with Gasteiger partial charge in [0.1, 0.15) is 12.7 Å². The highest BCUT2D eigenvalue weighted by Gasteiger charge is 2.21. The van der Waals surface area contributed by atoms with Crippen molar-refractivity contribution in [2.75, 3.05) is 0 Å². The molecule has 0 spiro atoms. The third-order valence-electron chi connectivity index (χ3n) is 5.26. The predicted molar refractivity (Wildman–Crippen MR) is 114 cm³/mol. The van der Waals surface area contributed by atoms with Crippen LogP contribution in [0, 0.1) is 6.92 Å². The molecule has 140 valence electrons. The summed E-state index contributed by atoms with van der Waals surface area (Å²) < 4.78 is 4.51. The Morgan fingerprint density at radius 1 is 0.964 bits per heavy atom. The number of aromatic nitrogens is 3. The Bertz CT molecular complexity index is 1110. The maximum absolute atomic E-state index is 4.53. The molecular weight excluding hydrogens is 342 g/mol. The standard InChI is InChI=1S/C25H26N3/c1-18(2)21-9-5-6-11-23(21)28-16-12-19(3)25(28)24-17-20(13-15-27(24)4)22-10-7-8-14-26-22/h5-18H,1-4H3/q+1. The minimum atomic E-state index is 0.459. The topological polar surface area (TPSA) is 21.7 Å². The van der Waals surface area contributed by atoms with E-state index in [2.05, 4.69) is 103 Å². The maximum atomic E-state index is 4.53. The average molecular weight is 369 g/mol. The molecule has 0 aliphatic rings. The first-order valence-corrected chi connectivity index (χ1v) is 9.75. The van der Waals surface area contributed by atoms with E-state index in [1.54, 1.807) is 0 Å². The zero-order chi connectivity index (χ0) is 19.7. The van der Waals surface area contributed by atoms with Crippen molar-refractivity contribution in [2.24, 2.45) is 7.05 Å². The van der Waals surface area contributed by atoms with Crippen molar-refractivity contribution in [3.63, 3.8) is 0 Å². The van der Waals surface area contributed by atoms with Gasteiger partial charge in [0.05, 0.1) is 5.69 Å². The minimum Gasteiger partial charge on any atom is -0.311 e. The first-order valence-electron chi connectivity index (χ1n) is 9.75. The van der Waals surface area contributed by atoms with Crippen LogP contribution in [0.1, 0.15) is 30.9 Å². The normalized spacial score (nSPS) is 11.2. The monoisotopic (exact) mass is 368 g/mol. The van der Waals surface area contributed by atoms with E-state index in [0.29, 0.717) is 5.92 Å². The lowest BCUT2D eigenvalue weighted by atomic mass is 10.0. The molecule has 0 fully saturated rings. The molecule has 28 heavy (non-hydrogen) atoms. The lowest BCUT2D eigenvalue weighted by Gasteiger charge is -2.16. The van der Waals surface area contributed by atoms with Crippen LogP contribution in [0.15, 0.2) is 79.3 Å². The molecule has 1 aromatic carbocycles. The SMILES string of the molecule is Cc1ccn(-c2ccccc2C(C)C)c1-c1cc(-c2ccccn2)cc[n+]1C. The number of hydrogen-bond donors (Lipinski definition) is 0. The van der Waals surface area contributed by atoms with E-state index in [0.717, 1.165) is 11.3 Å². The number of aryl methyl sites for hydroxylation is 2. The van der Waals surface area contributed by atoms with Crippen LogP contribution >= 0.6 is 0 Å². The number of benzene rings is 1. The zero-order valence-corrected chi connectivity index (χ0v) is 16.9. The summed E-state index contributed by atoms with van der Waals surface area (Å²) in [6.45, 7) is 6.67. The minimum absolute atomic E-state index is 0.459. The van der Waals surface area contributed by atoms with Crippen LogP contribution in [-0.4, -0.2) is 9.55 Å². The zero-order valence-electron chi connectivity index (χ0n) is 16.9. The molecule has 0 bridgehead atoms. The molecule has 3 heteroatoms. The largest absolute Gasteiger partial charge is 0.311 e. The maximum Gasteiger partial charge on any atom is 0.230 e. The van der Waals surface area contributed by atoms with Crippen LogP contribution < -0.4 is 4.57 Å². The Balaban J connectivity index is 1.92. The smallest absolute Gasteiger partial charge is 0.230 e. The van der Waals surface area contributed by atoms with Crippen molar-refractivity contribution in [2.45, 2.75) is 26.7 Å². The Morgan fingerprint density at radius 3 is 2.50 bits per heavy atom. The molecule has 4 rings (SSSR count). The molecule has 0 saturated heterocycles. The summed E-state index contributed by atoms with van der Waals surface area (Å²) in [6.07, 6.45) is 6.14. The second-order valence-electron chi connectivity index (χ2n) is 7.56. The van der Waals surface area contributed by atoms with E-state index in [-0.39, 0.29) is 0 Å². The Morgan fingerprint density at radius 2 is 1.75 bits per heavy atom. The molecule has 0 amide bonds. The Labute approximate surface area is 166 Å². The highest BCUT2D eigenvalue weighted by molar-refractivity contribution is 5.68. The molecule has 0 unspecified atom stereocenters. The summed E-state index contributed by atoms with van der Waals surface area (Å²) >= 11 is 0. The van der Waals surface area contributed by atoms with Gasteiger partial charge in [0.25, 0.3) is 0 Å². The van der Waals surface area contributed by atoms with E-state index in [9.17, 15) is 0 Å². The summed E-state index contributed by atoms with van der Waals surface area (Å²) in [5, 5.41) is 0. The van der Waals surface area contributed by atoms with E-state index >= 15 is 0 Å². The number of nitrogens with zero attached hydrogens (tertiary/aromatic N) is 3. The van der Waals surface area contributed by atoms with Gasteiger partial charge in [0.2, 0.25) is 5.69 Å². The van der Waals surface area contributed by atoms with Gasteiger partial charge in [-0.05, 0) is 48.2 Å². The summed E-state index contributed by atoms with van der Waals surface area (Å²) in [5.74, 6) is 0.459. The first kappa shape index (κ1) is 18.2. The summed E-state index contributed by atoms with van der Waals surface area (Å²) in [5.41, 5.74) is 8.34. The first-order chi connectivity index (χ1) is 13.6. The van der Waals surface area contributed by atoms with E-state index in [1.807, 2.05) is 18.3 Å². The third kappa shape index (κ3) is 3.24.